The number of hydrogen-bond donors (Lipinski definition) is 2. The second-order valence-electron chi connectivity index (χ2n) is 6.37. The van der Waals surface area contributed by atoms with Crippen LogP contribution in [0.5, 0.6) is 0 Å². The highest BCUT2D eigenvalue weighted by Gasteiger charge is 2.22. The summed E-state index contributed by atoms with van der Waals surface area (Å²) in [6, 6.07) is 6.17. The molecule has 0 atom stereocenters. The van der Waals surface area contributed by atoms with Gasteiger partial charge in [-0.2, -0.15) is 5.10 Å². The first-order valence-electron chi connectivity index (χ1n) is 8.43. The second kappa shape index (κ2) is 9.97. The van der Waals surface area contributed by atoms with Gasteiger partial charge in [-0.1, -0.05) is 12.1 Å². The summed E-state index contributed by atoms with van der Waals surface area (Å²) in [6.07, 6.45) is 1.38. The minimum Gasteiger partial charge on any atom is -0.477 e. The van der Waals surface area contributed by atoms with Gasteiger partial charge in [0, 0.05) is 32.6 Å². The standard InChI is InChI=1S/C18H23FN4O4S.ClH/c1-12-16(17(18(24)25)23(21-12)11-14(19)8-9-20)10-13-4-6-15(7-5-13)28(26,27)22(2)3;/h4-8H,9-11,20H2,1-3H3,(H,24,25);1H/b14-8-;. The van der Waals surface area contributed by atoms with Gasteiger partial charge in [-0.3, -0.25) is 4.68 Å². The summed E-state index contributed by atoms with van der Waals surface area (Å²) >= 11 is 0. The molecule has 0 saturated heterocycles. The van der Waals surface area contributed by atoms with Crippen molar-refractivity contribution in [2.24, 2.45) is 5.73 Å². The van der Waals surface area contributed by atoms with Crippen molar-refractivity contribution in [3.63, 3.8) is 0 Å². The lowest BCUT2D eigenvalue weighted by Gasteiger charge is -2.11. The third kappa shape index (κ3) is 5.63. The quantitative estimate of drug-likeness (QED) is 0.639. The monoisotopic (exact) mass is 446 g/mol. The smallest absolute Gasteiger partial charge is 0.354 e. The van der Waals surface area contributed by atoms with E-state index in [1.165, 1.54) is 26.2 Å². The Kier molecular flexibility index (Phi) is 8.51. The molecule has 8 nitrogen and oxygen atoms in total. The summed E-state index contributed by atoms with van der Waals surface area (Å²) in [5, 5.41) is 13.7. The van der Waals surface area contributed by atoms with E-state index < -0.39 is 21.8 Å². The van der Waals surface area contributed by atoms with Gasteiger partial charge < -0.3 is 10.8 Å². The van der Waals surface area contributed by atoms with Gasteiger partial charge in [0.05, 0.1) is 17.1 Å². The molecule has 0 unspecified atom stereocenters. The molecule has 0 spiro atoms. The lowest BCUT2D eigenvalue weighted by Crippen LogP contribution is -2.22. The Morgan fingerprint density at radius 1 is 1.31 bits per heavy atom. The molecule has 11 heteroatoms. The molecule has 2 rings (SSSR count). The van der Waals surface area contributed by atoms with Crippen molar-refractivity contribution in [3.05, 3.63) is 58.7 Å². The Balaban J connectivity index is 0.00000420. The van der Waals surface area contributed by atoms with E-state index >= 15 is 0 Å². The molecule has 1 aromatic heterocycles. The number of nitrogens with zero attached hydrogens (tertiary/aromatic N) is 3. The van der Waals surface area contributed by atoms with Crippen molar-refractivity contribution in [3.8, 4) is 0 Å². The maximum Gasteiger partial charge on any atom is 0.354 e. The highest BCUT2D eigenvalue weighted by atomic mass is 35.5. The molecule has 0 aliphatic heterocycles. The van der Waals surface area contributed by atoms with E-state index in [-0.39, 0.29) is 42.5 Å². The molecule has 3 N–H and O–H groups in total. The molecular formula is C18H24ClFN4O4S. The number of nitrogens with two attached hydrogens (primary N) is 1. The van der Waals surface area contributed by atoms with Crippen molar-refractivity contribution in [2.45, 2.75) is 24.8 Å². The first-order valence-corrected chi connectivity index (χ1v) is 9.87. The number of halogens is 2. The van der Waals surface area contributed by atoms with Crippen molar-refractivity contribution in [2.75, 3.05) is 20.6 Å². The Morgan fingerprint density at radius 3 is 2.38 bits per heavy atom. The van der Waals surface area contributed by atoms with Crippen LogP contribution >= 0.6 is 12.4 Å². The van der Waals surface area contributed by atoms with Crippen molar-refractivity contribution in [1.82, 2.24) is 14.1 Å². The van der Waals surface area contributed by atoms with Crippen LogP contribution in [0.15, 0.2) is 41.1 Å². The Morgan fingerprint density at radius 2 is 1.90 bits per heavy atom. The topological polar surface area (TPSA) is 119 Å². The van der Waals surface area contributed by atoms with Crippen LogP contribution in [-0.4, -0.2) is 54.2 Å². The lowest BCUT2D eigenvalue weighted by molar-refractivity contribution is 0.0682. The predicted molar refractivity (Wildman–Crippen MR) is 110 cm³/mol. The molecule has 0 bridgehead atoms. The van der Waals surface area contributed by atoms with Crippen molar-refractivity contribution < 1.29 is 22.7 Å². The number of aromatic carboxylic acids is 1. The number of sulfonamides is 1. The van der Waals surface area contributed by atoms with Crippen molar-refractivity contribution in [1.29, 1.82) is 0 Å². The summed E-state index contributed by atoms with van der Waals surface area (Å²) in [5.41, 5.74) is 6.77. The first kappa shape index (κ1) is 24.8. The number of benzene rings is 1. The average Bonchev–Trinajstić information content (AvgIpc) is 2.90. The zero-order valence-corrected chi connectivity index (χ0v) is 17.9. The number of aromatic nitrogens is 2. The summed E-state index contributed by atoms with van der Waals surface area (Å²) in [4.78, 5) is 11.9. The third-order valence-electron chi connectivity index (χ3n) is 4.18. The van der Waals surface area contributed by atoms with Crippen molar-refractivity contribution >= 4 is 28.4 Å². The molecule has 0 fully saturated rings. The summed E-state index contributed by atoms with van der Waals surface area (Å²) in [7, 11) is -0.661. The zero-order chi connectivity index (χ0) is 21.1. The molecule has 0 aliphatic carbocycles. The molecule has 0 saturated carbocycles. The number of carboxylic acid groups (broad SMARTS) is 1. The average molecular weight is 447 g/mol. The highest BCUT2D eigenvalue weighted by molar-refractivity contribution is 7.89. The summed E-state index contributed by atoms with van der Waals surface area (Å²) in [5.74, 6) is -1.79. The van der Waals surface area contributed by atoms with Crippen LogP contribution in [0.4, 0.5) is 4.39 Å². The van der Waals surface area contributed by atoms with E-state index in [1.807, 2.05) is 0 Å². The van der Waals surface area contributed by atoms with Gasteiger partial charge in [0.25, 0.3) is 0 Å². The molecule has 0 amide bonds. The maximum absolute atomic E-state index is 13.8. The van der Waals surface area contributed by atoms with E-state index in [4.69, 9.17) is 5.73 Å². The van der Waals surface area contributed by atoms with Crippen LogP contribution in [0.1, 0.15) is 27.3 Å². The number of hydrogen-bond acceptors (Lipinski definition) is 5. The van der Waals surface area contributed by atoms with Crippen LogP contribution in [0.2, 0.25) is 0 Å². The number of carboxylic acids is 1. The predicted octanol–water partition coefficient (Wildman–Crippen LogP) is 1.96. The summed E-state index contributed by atoms with van der Waals surface area (Å²) < 4.78 is 40.3. The third-order valence-corrected chi connectivity index (χ3v) is 6.01. The summed E-state index contributed by atoms with van der Waals surface area (Å²) in [6.45, 7) is 1.33. The van der Waals surface area contributed by atoms with Crippen LogP contribution in [-0.2, 0) is 23.0 Å². The molecule has 2 aromatic rings. The Hall–Kier alpha value is -2.27. The van der Waals surface area contributed by atoms with Gasteiger partial charge >= 0.3 is 5.97 Å². The minimum absolute atomic E-state index is 0. The molecular weight excluding hydrogens is 423 g/mol. The number of carbonyl (C=O) groups is 1. The van der Waals surface area contributed by atoms with E-state index in [2.05, 4.69) is 5.10 Å². The van der Waals surface area contributed by atoms with Gasteiger partial charge in [-0.25, -0.2) is 21.9 Å². The largest absolute Gasteiger partial charge is 0.477 e. The van der Waals surface area contributed by atoms with Crippen LogP contribution < -0.4 is 5.73 Å². The van der Waals surface area contributed by atoms with Gasteiger partial charge in [-0.15, -0.1) is 12.4 Å². The second-order valence-corrected chi connectivity index (χ2v) is 8.52. The Bertz CT molecular complexity index is 1000. The fraction of sp³-hybridized carbons (Fsp3) is 0.333. The molecule has 1 heterocycles. The van der Waals surface area contributed by atoms with E-state index in [1.54, 1.807) is 19.1 Å². The van der Waals surface area contributed by atoms with E-state index in [9.17, 15) is 22.7 Å². The van der Waals surface area contributed by atoms with Gasteiger partial charge in [0.15, 0.2) is 5.69 Å². The maximum atomic E-state index is 13.8. The molecule has 160 valence electrons. The van der Waals surface area contributed by atoms with Crippen LogP contribution in [0, 0.1) is 6.92 Å². The normalized spacial score (nSPS) is 12.1. The molecule has 0 radical (unpaired) electrons. The Labute approximate surface area is 175 Å². The minimum atomic E-state index is -3.55. The molecule has 29 heavy (non-hydrogen) atoms. The number of rotatable bonds is 8. The first-order chi connectivity index (χ1) is 13.1. The van der Waals surface area contributed by atoms with Gasteiger partial charge in [-0.05, 0) is 30.7 Å². The lowest BCUT2D eigenvalue weighted by atomic mass is 10.0. The number of allylic oxidation sites excluding steroid dienone is 1. The van der Waals surface area contributed by atoms with E-state index in [0.717, 1.165) is 15.1 Å². The fourth-order valence-electron chi connectivity index (χ4n) is 2.71. The SMILES string of the molecule is Cc1nn(C/C(F)=C/CN)c(C(=O)O)c1Cc1ccc(S(=O)(=O)N(C)C)cc1.Cl. The molecule has 1 aromatic carbocycles. The molecule has 0 aliphatic rings. The van der Waals surface area contributed by atoms with E-state index in [0.29, 0.717) is 16.8 Å². The highest BCUT2D eigenvalue weighted by Crippen LogP contribution is 2.22. The zero-order valence-electron chi connectivity index (χ0n) is 16.3. The van der Waals surface area contributed by atoms with Gasteiger partial charge in [0.2, 0.25) is 10.0 Å². The number of aryl methyl sites for hydroxylation is 1. The van der Waals surface area contributed by atoms with Crippen LogP contribution in [0.25, 0.3) is 0 Å². The fourth-order valence-corrected chi connectivity index (χ4v) is 3.62. The van der Waals surface area contributed by atoms with Crippen LogP contribution in [0.3, 0.4) is 0 Å². The van der Waals surface area contributed by atoms with Gasteiger partial charge in [0.1, 0.15) is 5.83 Å².